The van der Waals surface area contributed by atoms with E-state index in [2.05, 4.69) is 0 Å². The molecule has 0 unspecified atom stereocenters. The number of hydrogen-bond donors (Lipinski definition) is 1. The summed E-state index contributed by atoms with van der Waals surface area (Å²) in [6, 6.07) is 0. The van der Waals surface area contributed by atoms with Gasteiger partial charge in [-0.2, -0.15) is 0 Å². The van der Waals surface area contributed by atoms with Crippen LogP contribution in [0, 0.1) is 0 Å². The van der Waals surface area contributed by atoms with Crippen molar-refractivity contribution in [1.82, 2.24) is 0 Å². The Kier molecular flexibility index (Phi) is 1.85. The van der Waals surface area contributed by atoms with Crippen molar-refractivity contribution in [2.24, 2.45) is 0 Å². The molecule has 2 rings (SSSR count). The first-order chi connectivity index (χ1) is 5.31. The van der Waals surface area contributed by atoms with E-state index in [0.717, 1.165) is 6.42 Å². The molecule has 0 aliphatic carbocycles. The SMILES string of the molecule is CO[C@H]1C[C@H]2CO[C@H](O2)[C@@H]1O. The molecule has 0 saturated carbocycles. The topological polar surface area (TPSA) is 47.9 Å². The molecule has 64 valence electrons. The highest BCUT2D eigenvalue weighted by Gasteiger charge is 2.43. The van der Waals surface area contributed by atoms with E-state index in [-0.39, 0.29) is 12.2 Å². The van der Waals surface area contributed by atoms with Gasteiger partial charge in [0, 0.05) is 13.5 Å². The fourth-order valence-electron chi connectivity index (χ4n) is 1.58. The van der Waals surface area contributed by atoms with E-state index in [1.807, 2.05) is 0 Å². The molecule has 0 aromatic heterocycles. The summed E-state index contributed by atoms with van der Waals surface area (Å²) in [7, 11) is 1.60. The van der Waals surface area contributed by atoms with Crippen LogP contribution in [0.15, 0.2) is 0 Å². The Bertz CT molecular complexity index is 149. The Balaban J connectivity index is 2.05. The van der Waals surface area contributed by atoms with E-state index in [1.54, 1.807) is 7.11 Å². The van der Waals surface area contributed by atoms with Gasteiger partial charge in [-0.1, -0.05) is 0 Å². The second kappa shape index (κ2) is 2.71. The van der Waals surface area contributed by atoms with Gasteiger partial charge < -0.3 is 19.3 Å². The zero-order valence-corrected chi connectivity index (χ0v) is 6.40. The molecule has 2 aliphatic rings. The average Bonchev–Trinajstić information content (AvgIpc) is 2.42. The molecule has 0 aromatic carbocycles. The highest BCUT2D eigenvalue weighted by atomic mass is 16.7. The summed E-state index contributed by atoms with van der Waals surface area (Å²) < 4.78 is 15.5. The van der Waals surface area contributed by atoms with Crippen LogP contribution in [0.1, 0.15) is 6.42 Å². The van der Waals surface area contributed by atoms with Crippen LogP contribution in [0.4, 0.5) is 0 Å². The molecular weight excluding hydrogens is 148 g/mol. The lowest BCUT2D eigenvalue weighted by Gasteiger charge is -2.30. The summed E-state index contributed by atoms with van der Waals surface area (Å²) >= 11 is 0. The van der Waals surface area contributed by atoms with Crippen molar-refractivity contribution in [1.29, 1.82) is 0 Å². The molecule has 0 spiro atoms. The molecule has 0 amide bonds. The van der Waals surface area contributed by atoms with Gasteiger partial charge in [0.05, 0.1) is 18.8 Å². The van der Waals surface area contributed by atoms with E-state index in [1.165, 1.54) is 0 Å². The number of hydrogen-bond acceptors (Lipinski definition) is 4. The number of fused-ring (bicyclic) bond motifs is 2. The smallest absolute Gasteiger partial charge is 0.186 e. The predicted octanol–water partition coefficient (Wildman–Crippen LogP) is -0.493. The van der Waals surface area contributed by atoms with Crippen molar-refractivity contribution < 1.29 is 19.3 Å². The Morgan fingerprint density at radius 3 is 3.09 bits per heavy atom. The van der Waals surface area contributed by atoms with Gasteiger partial charge >= 0.3 is 0 Å². The summed E-state index contributed by atoms with van der Waals surface area (Å²) in [5.41, 5.74) is 0. The van der Waals surface area contributed by atoms with Crippen LogP contribution in [0.2, 0.25) is 0 Å². The molecule has 11 heavy (non-hydrogen) atoms. The van der Waals surface area contributed by atoms with E-state index >= 15 is 0 Å². The molecule has 2 bridgehead atoms. The molecule has 2 aliphatic heterocycles. The minimum absolute atomic E-state index is 0.119. The normalized spacial score (nSPS) is 49.6. The van der Waals surface area contributed by atoms with Crippen molar-refractivity contribution in [3.63, 3.8) is 0 Å². The second-order valence-corrected chi connectivity index (χ2v) is 2.96. The predicted molar refractivity (Wildman–Crippen MR) is 36.0 cm³/mol. The molecule has 4 nitrogen and oxygen atoms in total. The highest BCUT2D eigenvalue weighted by Crippen LogP contribution is 2.28. The molecule has 2 saturated heterocycles. The van der Waals surface area contributed by atoms with Crippen LogP contribution in [0.25, 0.3) is 0 Å². The monoisotopic (exact) mass is 160 g/mol. The number of rotatable bonds is 1. The maximum Gasteiger partial charge on any atom is 0.186 e. The zero-order chi connectivity index (χ0) is 7.84. The van der Waals surface area contributed by atoms with E-state index in [0.29, 0.717) is 6.61 Å². The van der Waals surface area contributed by atoms with Crippen molar-refractivity contribution >= 4 is 0 Å². The third-order valence-electron chi connectivity index (χ3n) is 2.23. The summed E-state index contributed by atoms with van der Waals surface area (Å²) in [5, 5.41) is 9.48. The van der Waals surface area contributed by atoms with Crippen LogP contribution in [-0.4, -0.2) is 43.4 Å². The molecule has 0 radical (unpaired) electrons. The first kappa shape index (κ1) is 7.49. The van der Waals surface area contributed by atoms with Crippen LogP contribution >= 0.6 is 0 Å². The standard InChI is InChI=1S/C7H12O4/c1-9-5-2-4-3-10-7(11-4)6(5)8/h4-8H,2-3H2,1H3/t4-,5-,6+,7+/m0/s1. The van der Waals surface area contributed by atoms with Crippen LogP contribution in [-0.2, 0) is 14.2 Å². The largest absolute Gasteiger partial charge is 0.385 e. The molecular formula is C7H12O4. The zero-order valence-electron chi connectivity index (χ0n) is 6.40. The molecule has 2 heterocycles. The van der Waals surface area contributed by atoms with Crippen LogP contribution < -0.4 is 0 Å². The third-order valence-corrected chi connectivity index (χ3v) is 2.23. The Morgan fingerprint density at radius 1 is 1.55 bits per heavy atom. The summed E-state index contributed by atoms with van der Waals surface area (Å²) in [6.45, 7) is 0.585. The average molecular weight is 160 g/mol. The van der Waals surface area contributed by atoms with Gasteiger partial charge in [-0.15, -0.1) is 0 Å². The van der Waals surface area contributed by atoms with Gasteiger partial charge in [-0.05, 0) is 0 Å². The highest BCUT2D eigenvalue weighted by molar-refractivity contribution is 4.86. The molecule has 1 N–H and O–H groups in total. The fraction of sp³-hybridized carbons (Fsp3) is 1.00. The number of methoxy groups -OCH3 is 1. The number of ether oxygens (including phenoxy) is 3. The molecule has 2 fully saturated rings. The Hall–Kier alpha value is -0.160. The Morgan fingerprint density at radius 2 is 2.36 bits per heavy atom. The summed E-state index contributed by atoms with van der Waals surface area (Å²) in [4.78, 5) is 0. The number of aliphatic hydroxyl groups is 1. The number of aliphatic hydroxyl groups excluding tert-OH is 1. The lowest BCUT2D eigenvalue weighted by molar-refractivity contribution is -0.198. The first-order valence-electron chi connectivity index (χ1n) is 3.79. The van der Waals surface area contributed by atoms with E-state index < -0.39 is 12.4 Å². The van der Waals surface area contributed by atoms with Gasteiger partial charge in [0.15, 0.2) is 6.29 Å². The van der Waals surface area contributed by atoms with Gasteiger partial charge in [0.1, 0.15) is 6.10 Å². The maximum absolute atomic E-state index is 9.48. The summed E-state index contributed by atoms with van der Waals surface area (Å²) in [6.07, 6.45) is -0.360. The minimum atomic E-state index is -0.626. The van der Waals surface area contributed by atoms with Crippen molar-refractivity contribution in [2.45, 2.75) is 31.0 Å². The van der Waals surface area contributed by atoms with Crippen molar-refractivity contribution in [3.8, 4) is 0 Å². The fourth-order valence-corrected chi connectivity index (χ4v) is 1.58. The van der Waals surface area contributed by atoms with E-state index in [4.69, 9.17) is 14.2 Å². The molecule has 0 aromatic rings. The van der Waals surface area contributed by atoms with Crippen molar-refractivity contribution in [3.05, 3.63) is 0 Å². The molecule has 4 atom stereocenters. The van der Waals surface area contributed by atoms with Crippen LogP contribution in [0.5, 0.6) is 0 Å². The van der Waals surface area contributed by atoms with Crippen molar-refractivity contribution in [2.75, 3.05) is 13.7 Å². The van der Waals surface area contributed by atoms with E-state index in [9.17, 15) is 5.11 Å². The Labute approximate surface area is 65.1 Å². The minimum Gasteiger partial charge on any atom is -0.385 e. The van der Waals surface area contributed by atoms with Gasteiger partial charge in [0.2, 0.25) is 0 Å². The first-order valence-corrected chi connectivity index (χ1v) is 3.79. The lowest BCUT2D eigenvalue weighted by atomic mass is 10.0. The lowest BCUT2D eigenvalue weighted by Crippen LogP contribution is -2.44. The molecule has 4 heteroatoms. The van der Waals surface area contributed by atoms with Gasteiger partial charge in [-0.25, -0.2) is 0 Å². The maximum atomic E-state index is 9.48. The van der Waals surface area contributed by atoms with Crippen LogP contribution in [0.3, 0.4) is 0 Å². The van der Waals surface area contributed by atoms with Gasteiger partial charge in [0.25, 0.3) is 0 Å². The second-order valence-electron chi connectivity index (χ2n) is 2.96. The third kappa shape index (κ3) is 1.16. The summed E-state index contributed by atoms with van der Waals surface area (Å²) in [5.74, 6) is 0. The van der Waals surface area contributed by atoms with Gasteiger partial charge in [-0.3, -0.25) is 0 Å². The quantitative estimate of drug-likeness (QED) is 0.562.